The van der Waals surface area contributed by atoms with Crippen LogP contribution in [-0.4, -0.2) is 19.5 Å². The highest BCUT2D eigenvalue weighted by Gasteiger charge is 2.22. The molecule has 0 bridgehead atoms. The number of pyridine rings is 2. The molecule has 0 fully saturated rings. The summed E-state index contributed by atoms with van der Waals surface area (Å²) in [5.41, 5.74) is 12.2. The Labute approximate surface area is 318 Å². The summed E-state index contributed by atoms with van der Waals surface area (Å²) in [6.45, 7) is 9.11. The minimum Gasteiger partial charge on any atom is -0.299 e. The quantitative estimate of drug-likeness (QED) is 0.142. The monoisotopic (exact) mass is 701 g/mol. The summed E-state index contributed by atoms with van der Waals surface area (Å²) in [5.74, 6) is 3.13. The summed E-state index contributed by atoms with van der Waals surface area (Å²) in [4.78, 5) is 17.3. The topological polar surface area (TPSA) is 46.8 Å². The second-order valence-electron chi connectivity index (χ2n) is 14.2. The highest BCUT2D eigenvalue weighted by Crippen LogP contribution is 2.40. The maximum Gasteiger partial charge on any atom is 0.144 e. The number of aromatic nitrogens is 4. The van der Waals surface area contributed by atoms with Crippen LogP contribution in [0.5, 0.6) is 0 Å². The Kier molecular flexibility index (Phi) is 9.69. The van der Waals surface area contributed by atoms with Crippen LogP contribution in [0.2, 0.25) is 0 Å². The van der Waals surface area contributed by atoms with Gasteiger partial charge in [0.25, 0.3) is 0 Å². The van der Waals surface area contributed by atoms with Gasteiger partial charge in [-0.3, -0.25) is 9.47 Å². The molecular formula is C49H43N5. The Bertz CT molecular complexity index is 2370. The largest absolute Gasteiger partial charge is 0.299 e. The maximum atomic E-state index is 5.18. The van der Waals surface area contributed by atoms with Crippen LogP contribution in [0.4, 0.5) is 17.3 Å². The average Bonchev–Trinajstić information content (AvgIpc) is 3.72. The van der Waals surface area contributed by atoms with Gasteiger partial charge >= 0.3 is 0 Å². The zero-order valence-electron chi connectivity index (χ0n) is 31.1. The normalized spacial score (nSPS) is 11.3. The molecule has 0 atom stereocenters. The Morgan fingerprint density at radius 1 is 0.463 bits per heavy atom. The van der Waals surface area contributed by atoms with Gasteiger partial charge in [0.15, 0.2) is 0 Å². The number of nitrogens with zero attached hydrogens (tertiary/aromatic N) is 5. The first-order valence-electron chi connectivity index (χ1n) is 18.7. The number of anilines is 3. The fourth-order valence-corrected chi connectivity index (χ4v) is 7.11. The van der Waals surface area contributed by atoms with E-state index in [1.807, 2.05) is 48.7 Å². The molecule has 0 radical (unpaired) electrons. The van der Waals surface area contributed by atoms with Crippen LogP contribution in [0.25, 0.3) is 50.7 Å². The van der Waals surface area contributed by atoms with Crippen LogP contribution in [-0.2, 0) is 0 Å². The van der Waals surface area contributed by atoms with Crippen molar-refractivity contribution in [3.63, 3.8) is 0 Å². The first kappa shape index (κ1) is 34.5. The molecule has 5 aromatic carbocycles. The molecule has 3 aromatic heterocycles. The first-order chi connectivity index (χ1) is 26.4. The third-order valence-electron chi connectivity index (χ3n) is 9.85. The number of rotatable bonds is 10. The van der Waals surface area contributed by atoms with E-state index < -0.39 is 0 Å². The van der Waals surface area contributed by atoms with Crippen molar-refractivity contribution in [2.24, 2.45) is 0 Å². The predicted octanol–water partition coefficient (Wildman–Crippen LogP) is 13.0. The van der Waals surface area contributed by atoms with E-state index in [0.717, 1.165) is 56.8 Å². The molecule has 0 amide bonds. The molecular weight excluding hydrogens is 659 g/mol. The number of benzene rings is 5. The third-order valence-corrected chi connectivity index (χ3v) is 9.85. The van der Waals surface area contributed by atoms with Crippen molar-refractivity contribution in [1.29, 1.82) is 0 Å². The second-order valence-corrected chi connectivity index (χ2v) is 14.2. The van der Waals surface area contributed by atoms with Gasteiger partial charge in [0, 0.05) is 34.8 Å². The fraction of sp³-hybridized carbons (Fsp3) is 0.122. The highest BCUT2D eigenvalue weighted by atomic mass is 15.2. The van der Waals surface area contributed by atoms with Crippen molar-refractivity contribution < 1.29 is 0 Å². The lowest BCUT2D eigenvalue weighted by atomic mass is 9.88. The van der Waals surface area contributed by atoms with Gasteiger partial charge in [-0.25, -0.2) is 15.0 Å². The zero-order chi connectivity index (χ0) is 37.0. The fourth-order valence-electron chi connectivity index (χ4n) is 7.11. The lowest BCUT2D eigenvalue weighted by molar-refractivity contribution is 0.807. The molecule has 3 heterocycles. The van der Waals surface area contributed by atoms with Gasteiger partial charge in [-0.1, -0.05) is 143 Å². The van der Waals surface area contributed by atoms with Gasteiger partial charge in [-0.15, -0.1) is 0 Å². The zero-order valence-corrected chi connectivity index (χ0v) is 31.1. The van der Waals surface area contributed by atoms with Crippen molar-refractivity contribution in [2.45, 2.75) is 39.5 Å². The summed E-state index contributed by atoms with van der Waals surface area (Å²) in [6, 6.07) is 57.0. The Balaban J connectivity index is 1.23. The molecule has 0 aliphatic rings. The molecule has 0 aliphatic carbocycles. The SMILES string of the molecule is CC(C)c1cc(-c2ccc(N(c3cccc(-c4ccccc4)n3)c3cccc(-c4ccccc4)n3)cc2)cc(C(C)C)c1-n1ccnc1-c1ccccc1. The Hall–Kier alpha value is -6.59. The lowest BCUT2D eigenvalue weighted by Crippen LogP contribution is -2.13. The molecule has 0 saturated heterocycles. The number of hydrogen-bond donors (Lipinski definition) is 0. The Morgan fingerprint density at radius 2 is 0.944 bits per heavy atom. The summed E-state index contributed by atoms with van der Waals surface area (Å²) in [7, 11) is 0. The van der Waals surface area contributed by atoms with E-state index in [2.05, 4.69) is 165 Å². The van der Waals surface area contributed by atoms with Crippen LogP contribution < -0.4 is 4.90 Å². The van der Waals surface area contributed by atoms with E-state index in [1.54, 1.807) is 0 Å². The van der Waals surface area contributed by atoms with Crippen LogP contribution in [0.1, 0.15) is 50.7 Å². The van der Waals surface area contributed by atoms with Crippen molar-refractivity contribution >= 4 is 17.3 Å². The molecule has 8 rings (SSSR count). The summed E-state index contributed by atoms with van der Waals surface area (Å²) in [5, 5.41) is 0. The molecule has 0 aliphatic heterocycles. The molecule has 0 saturated carbocycles. The minimum atomic E-state index is 0.296. The maximum absolute atomic E-state index is 5.18. The Morgan fingerprint density at radius 3 is 1.43 bits per heavy atom. The van der Waals surface area contributed by atoms with E-state index in [9.17, 15) is 0 Å². The van der Waals surface area contributed by atoms with E-state index in [-0.39, 0.29) is 0 Å². The van der Waals surface area contributed by atoms with Gasteiger partial charge in [0.2, 0.25) is 0 Å². The van der Waals surface area contributed by atoms with E-state index >= 15 is 0 Å². The molecule has 5 heteroatoms. The van der Waals surface area contributed by atoms with Crippen LogP contribution >= 0.6 is 0 Å². The van der Waals surface area contributed by atoms with Gasteiger partial charge in [-0.05, 0) is 82.6 Å². The summed E-state index contributed by atoms with van der Waals surface area (Å²) < 4.78 is 2.28. The molecule has 0 unspecified atom stereocenters. The summed E-state index contributed by atoms with van der Waals surface area (Å²) in [6.07, 6.45) is 4.00. The minimum absolute atomic E-state index is 0.296. The van der Waals surface area contributed by atoms with E-state index in [1.165, 1.54) is 22.4 Å². The number of hydrogen-bond acceptors (Lipinski definition) is 4. The van der Waals surface area contributed by atoms with Gasteiger partial charge in [0.1, 0.15) is 17.5 Å². The molecule has 264 valence electrons. The van der Waals surface area contributed by atoms with Crippen molar-refractivity contribution in [1.82, 2.24) is 19.5 Å². The highest BCUT2D eigenvalue weighted by molar-refractivity contribution is 5.78. The van der Waals surface area contributed by atoms with E-state index in [0.29, 0.717) is 11.8 Å². The number of imidazole rings is 1. The van der Waals surface area contributed by atoms with Gasteiger partial charge < -0.3 is 0 Å². The van der Waals surface area contributed by atoms with Crippen LogP contribution in [0.15, 0.2) is 176 Å². The predicted molar refractivity (Wildman–Crippen MR) is 224 cm³/mol. The third kappa shape index (κ3) is 6.96. The standard InChI is InChI=1S/C49H43N5/c1-34(2)42-32-40(33-43(35(3)4)48(42)53-31-30-50-49(53)39-20-12-7-13-21-39)36-26-28-41(29-27-36)54(46-24-14-22-44(51-46)37-16-8-5-9-17-37)47-25-15-23-45(52-47)38-18-10-6-11-19-38/h5-35H,1-4H3. The van der Waals surface area contributed by atoms with Crippen LogP contribution in [0, 0.1) is 0 Å². The molecule has 8 aromatic rings. The smallest absolute Gasteiger partial charge is 0.144 e. The van der Waals surface area contributed by atoms with Crippen molar-refractivity contribution in [2.75, 3.05) is 4.90 Å². The lowest BCUT2D eigenvalue weighted by Gasteiger charge is -2.25. The molecule has 54 heavy (non-hydrogen) atoms. The van der Waals surface area contributed by atoms with Crippen molar-refractivity contribution in [3.05, 3.63) is 187 Å². The van der Waals surface area contributed by atoms with Gasteiger partial charge in [-0.2, -0.15) is 0 Å². The molecule has 0 spiro atoms. The summed E-state index contributed by atoms with van der Waals surface area (Å²) >= 11 is 0. The van der Waals surface area contributed by atoms with E-state index in [4.69, 9.17) is 15.0 Å². The second kappa shape index (κ2) is 15.2. The molecule has 0 N–H and O–H groups in total. The van der Waals surface area contributed by atoms with Gasteiger partial charge in [0.05, 0.1) is 17.1 Å². The van der Waals surface area contributed by atoms with Crippen molar-refractivity contribution in [3.8, 4) is 50.7 Å². The van der Waals surface area contributed by atoms with Crippen LogP contribution in [0.3, 0.4) is 0 Å². The molecule has 5 nitrogen and oxygen atoms in total. The first-order valence-corrected chi connectivity index (χ1v) is 18.7. The average molecular weight is 702 g/mol.